The van der Waals surface area contributed by atoms with Gasteiger partial charge in [0.05, 0.1) is 25.3 Å². The Morgan fingerprint density at radius 3 is 2.61 bits per heavy atom. The molecule has 1 aromatic carbocycles. The van der Waals surface area contributed by atoms with E-state index < -0.39 is 6.09 Å². The minimum atomic E-state index is -0.444. The first-order chi connectivity index (χ1) is 8.17. The van der Waals surface area contributed by atoms with E-state index in [1.807, 2.05) is 0 Å². The molecule has 1 aromatic rings. The summed E-state index contributed by atoms with van der Waals surface area (Å²) in [6.07, 6.45) is -0.444. The largest absolute Gasteiger partial charge is 0.493 e. The van der Waals surface area contributed by atoms with Crippen LogP contribution in [0.15, 0.2) is 12.1 Å². The third-order valence-corrected chi connectivity index (χ3v) is 2.95. The van der Waals surface area contributed by atoms with Crippen LogP contribution in [0.2, 0.25) is 5.02 Å². The summed E-state index contributed by atoms with van der Waals surface area (Å²) in [5, 5.41) is 3.08. The second-order valence-electron chi connectivity index (χ2n) is 3.50. The van der Waals surface area contributed by atoms with Crippen molar-refractivity contribution in [3.63, 3.8) is 0 Å². The lowest BCUT2D eigenvalue weighted by molar-refractivity contribution is 0.177. The van der Waals surface area contributed by atoms with Gasteiger partial charge in [0, 0.05) is 5.56 Å². The maximum absolute atomic E-state index is 11.0. The Labute approximate surface area is 116 Å². The summed E-state index contributed by atoms with van der Waals surface area (Å²) in [5.74, 6) is 0.999. The van der Waals surface area contributed by atoms with Crippen molar-refractivity contribution < 1.29 is 19.0 Å². The Hall–Kier alpha value is -1.33. The fourth-order valence-corrected chi connectivity index (χ4v) is 2.09. The van der Waals surface area contributed by atoms with E-state index in [2.05, 4.69) is 5.32 Å². The van der Waals surface area contributed by atoms with Crippen LogP contribution in [0.1, 0.15) is 11.6 Å². The van der Waals surface area contributed by atoms with E-state index in [9.17, 15) is 4.79 Å². The Morgan fingerprint density at radius 1 is 1.39 bits per heavy atom. The maximum atomic E-state index is 11.0. The molecule has 18 heavy (non-hydrogen) atoms. The Bertz CT molecular complexity index is 453. The molecule has 1 fully saturated rings. The number of methoxy groups -OCH3 is 2. The van der Waals surface area contributed by atoms with Gasteiger partial charge >= 0.3 is 6.09 Å². The van der Waals surface area contributed by atoms with Crippen LogP contribution in [-0.2, 0) is 4.74 Å². The number of cyclic esters (lactones) is 1. The second-order valence-corrected chi connectivity index (χ2v) is 3.88. The van der Waals surface area contributed by atoms with Gasteiger partial charge in [0.1, 0.15) is 6.61 Å². The molecule has 7 heteroatoms. The molecular formula is C11H13Cl2NO4. The van der Waals surface area contributed by atoms with Crippen molar-refractivity contribution in [2.45, 2.75) is 6.04 Å². The predicted molar refractivity (Wildman–Crippen MR) is 69.0 cm³/mol. The van der Waals surface area contributed by atoms with Gasteiger partial charge < -0.3 is 19.5 Å². The zero-order valence-corrected chi connectivity index (χ0v) is 11.4. The Morgan fingerprint density at radius 2 is 2.11 bits per heavy atom. The molecule has 0 spiro atoms. The fraction of sp³-hybridized carbons (Fsp3) is 0.364. The van der Waals surface area contributed by atoms with Crippen LogP contribution in [0.4, 0.5) is 4.79 Å². The number of halogens is 2. The van der Waals surface area contributed by atoms with Crippen molar-refractivity contribution in [2.24, 2.45) is 0 Å². The van der Waals surface area contributed by atoms with Crippen LogP contribution in [0.3, 0.4) is 0 Å². The summed E-state index contributed by atoms with van der Waals surface area (Å²) in [6.45, 7) is 0.258. The van der Waals surface area contributed by atoms with E-state index in [0.29, 0.717) is 16.5 Å². The van der Waals surface area contributed by atoms with Gasteiger partial charge in [-0.3, -0.25) is 0 Å². The zero-order valence-electron chi connectivity index (χ0n) is 9.86. The molecule has 2 rings (SSSR count). The smallest absolute Gasteiger partial charge is 0.407 e. The number of carbonyl (C=O) groups is 1. The summed E-state index contributed by atoms with van der Waals surface area (Å²) < 4.78 is 15.1. The highest BCUT2D eigenvalue weighted by atomic mass is 35.5. The molecular weight excluding hydrogens is 281 g/mol. The highest BCUT2D eigenvalue weighted by Crippen LogP contribution is 2.40. The summed E-state index contributed by atoms with van der Waals surface area (Å²) in [6, 6.07) is 3.27. The molecule has 0 aliphatic carbocycles. The lowest BCUT2D eigenvalue weighted by Crippen LogP contribution is -2.18. The molecule has 5 nitrogen and oxygen atoms in total. The molecule has 0 aromatic heterocycles. The average molecular weight is 294 g/mol. The number of carbonyl (C=O) groups excluding carboxylic acids is 1. The van der Waals surface area contributed by atoms with E-state index in [0.717, 1.165) is 5.56 Å². The first-order valence-electron chi connectivity index (χ1n) is 5.01. The number of rotatable bonds is 3. The van der Waals surface area contributed by atoms with E-state index in [-0.39, 0.29) is 25.1 Å². The van der Waals surface area contributed by atoms with E-state index in [4.69, 9.17) is 25.8 Å². The number of alkyl carbamates (subject to hydrolysis) is 1. The zero-order chi connectivity index (χ0) is 12.4. The van der Waals surface area contributed by atoms with Crippen LogP contribution < -0.4 is 14.8 Å². The van der Waals surface area contributed by atoms with Crippen molar-refractivity contribution in [1.82, 2.24) is 5.32 Å². The molecule has 100 valence electrons. The maximum Gasteiger partial charge on any atom is 0.407 e. The number of benzene rings is 1. The first-order valence-corrected chi connectivity index (χ1v) is 5.38. The molecule has 1 aliphatic heterocycles. The molecule has 0 unspecified atom stereocenters. The fourth-order valence-electron chi connectivity index (χ4n) is 1.73. The van der Waals surface area contributed by atoms with Gasteiger partial charge in [0.2, 0.25) is 0 Å². The van der Waals surface area contributed by atoms with Crippen LogP contribution in [0, 0.1) is 0 Å². The molecule has 0 saturated carbocycles. The number of nitrogens with one attached hydrogen (secondary N) is 1. The van der Waals surface area contributed by atoms with E-state index >= 15 is 0 Å². The standard InChI is InChI=1S/C11H12ClNO4.ClH/c1-15-8-4-3-6(9(12)10(8)16-2)7-5-17-11(14)13-7;/h3-4,7H,5H2,1-2H3,(H,13,14);1H/t7-;/m1./s1. The summed E-state index contributed by atoms with van der Waals surface area (Å²) in [5.41, 5.74) is 0.746. The average Bonchev–Trinajstić information content (AvgIpc) is 2.75. The molecule has 0 radical (unpaired) electrons. The normalized spacial score (nSPS) is 17.5. The Balaban J connectivity index is 0.00000162. The lowest BCUT2D eigenvalue weighted by atomic mass is 10.1. The van der Waals surface area contributed by atoms with Gasteiger partial charge in [-0.1, -0.05) is 17.7 Å². The van der Waals surface area contributed by atoms with Crippen LogP contribution in [0.25, 0.3) is 0 Å². The third-order valence-electron chi connectivity index (χ3n) is 2.56. The van der Waals surface area contributed by atoms with E-state index in [1.54, 1.807) is 12.1 Å². The molecule has 1 saturated heterocycles. The second kappa shape index (κ2) is 6.02. The van der Waals surface area contributed by atoms with Crippen LogP contribution in [-0.4, -0.2) is 26.9 Å². The monoisotopic (exact) mass is 293 g/mol. The quantitative estimate of drug-likeness (QED) is 0.931. The third kappa shape index (κ3) is 2.57. The van der Waals surface area contributed by atoms with Crippen molar-refractivity contribution >= 4 is 30.1 Å². The van der Waals surface area contributed by atoms with Gasteiger partial charge in [-0.15, -0.1) is 12.4 Å². The van der Waals surface area contributed by atoms with Crippen molar-refractivity contribution in [2.75, 3.05) is 20.8 Å². The summed E-state index contributed by atoms with van der Waals surface area (Å²) in [4.78, 5) is 11.0. The lowest BCUT2D eigenvalue weighted by Gasteiger charge is -2.15. The van der Waals surface area contributed by atoms with Gasteiger partial charge in [0.15, 0.2) is 11.5 Å². The minimum absolute atomic E-state index is 0. The van der Waals surface area contributed by atoms with Crippen LogP contribution >= 0.6 is 24.0 Å². The van der Waals surface area contributed by atoms with Gasteiger partial charge in [0.25, 0.3) is 0 Å². The predicted octanol–water partition coefficient (Wildman–Crippen LogP) is 2.56. The molecule has 1 aliphatic rings. The van der Waals surface area contributed by atoms with Crippen molar-refractivity contribution in [3.05, 3.63) is 22.7 Å². The first kappa shape index (κ1) is 14.7. The molecule has 1 atom stereocenters. The van der Waals surface area contributed by atoms with Crippen molar-refractivity contribution in [3.8, 4) is 11.5 Å². The van der Waals surface area contributed by atoms with E-state index in [1.165, 1.54) is 14.2 Å². The number of hydrogen-bond acceptors (Lipinski definition) is 4. The highest BCUT2D eigenvalue weighted by Gasteiger charge is 2.27. The minimum Gasteiger partial charge on any atom is -0.493 e. The van der Waals surface area contributed by atoms with Crippen LogP contribution in [0.5, 0.6) is 11.5 Å². The van der Waals surface area contributed by atoms with Gasteiger partial charge in [-0.2, -0.15) is 0 Å². The molecule has 1 heterocycles. The highest BCUT2D eigenvalue weighted by molar-refractivity contribution is 6.33. The molecule has 1 amide bonds. The summed E-state index contributed by atoms with van der Waals surface area (Å²) >= 11 is 6.21. The number of hydrogen-bond donors (Lipinski definition) is 1. The van der Waals surface area contributed by atoms with Crippen molar-refractivity contribution in [1.29, 1.82) is 0 Å². The van der Waals surface area contributed by atoms with Gasteiger partial charge in [-0.25, -0.2) is 4.79 Å². The summed E-state index contributed by atoms with van der Waals surface area (Å²) in [7, 11) is 3.05. The SMILES string of the molecule is COc1ccc([C@H]2COC(=O)N2)c(Cl)c1OC.Cl. The molecule has 0 bridgehead atoms. The number of amides is 1. The van der Waals surface area contributed by atoms with Gasteiger partial charge in [-0.05, 0) is 6.07 Å². The topological polar surface area (TPSA) is 56.8 Å². The number of ether oxygens (including phenoxy) is 3. The Kier molecular flexibility index (Phi) is 4.93. The molecule has 1 N–H and O–H groups in total.